The van der Waals surface area contributed by atoms with Crippen molar-refractivity contribution in [2.45, 2.75) is 310 Å². The van der Waals surface area contributed by atoms with Crippen LogP contribution in [-0.2, 0) is 9.47 Å². The molecule has 0 amide bonds. The second-order valence-electron chi connectivity index (χ2n) is 18.8. The van der Waals surface area contributed by atoms with E-state index in [2.05, 4.69) is 27.7 Å². The van der Waals surface area contributed by atoms with Gasteiger partial charge in [0.25, 0.3) is 0 Å². The number of carbonyl (C=O) groups excluding carboxylic acids is 2. The van der Waals surface area contributed by atoms with Gasteiger partial charge in [-0.05, 0) is 63.5 Å². The summed E-state index contributed by atoms with van der Waals surface area (Å²) in [6, 6.07) is 7.23. The van der Waals surface area contributed by atoms with Crippen LogP contribution >= 0.6 is 0 Å². The fraction of sp³-hybridized carbons (Fsp3) is 0.857. The standard InChI is InChI=1S/C56H102O4/c1-5-9-13-17-21-23-25-27-29-31-33-37-41-47-51(45-39-35-19-15-11-7-3)59-55(57)53-49-43-44-50-54(53)56(58)60-52(46-40-36-20-16-12-8-4)48-42-38-34-32-30-28-26-24-22-18-14-10-6-2/h43-44,49-52H,5-42,45-48H2,1-4H3. The van der Waals surface area contributed by atoms with Crippen molar-refractivity contribution in [3.63, 3.8) is 0 Å². The number of hydrogen-bond acceptors (Lipinski definition) is 4. The predicted octanol–water partition coefficient (Wildman–Crippen LogP) is 19.2. The highest BCUT2D eigenvalue weighted by atomic mass is 16.5. The summed E-state index contributed by atoms with van der Waals surface area (Å²) in [5.41, 5.74) is 0.722. The Hall–Kier alpha value is -1.84. The quantitative estimate of drug-likeness (QED) is 0.0485. The summed E-state index contributed by atoms with van der Waals surface area (Å²) in [5, 5.41) is 0. The van der Waals surface area contributed by atoms with E-state index in [4.69, 9.17) is 9.47 Å². The molecule has 1 aromatic rings. The minimum atomic E-state index is -0.364. The van der Waals surface area contributed by atoms with Crippen molar-refractivity contribution in [3.05, 3.63) is 35.4 Å². The van der Waals surface area contributed by atoms with Gasteiger partial charge in [0, 0.05) is 0 Å². The molecule has 0 aliphatic carbocycles. The average Bonchev–Trinajstić information content (AvgIpc) is 3.26. The molecular formula is C56H102O4. The highest BCUT2D eigenvalue weighted by Crippen LogP contribution is 2.23. The van der Waals surface area contributed by atoms with Gasteiger partial charge < -0.3 is 9.47 Å². The Kier molecular flexibility index (Phi) is 41.0. The zero-order valence-electron chi connectivity index (χ0n) is 40.8. The molecule has 0 heterocycles. The fourth-order valence-corrected chi connectivity index (χ4v) is 8.88. The predicted molar refractivity (Wildman–Crippen MR) is 261 cm³/mol. The van der Waals surface area contributed by atoms with Crippen LogP contribution in [0.5, 0.6) is 0 Å². The van der Waals surface area contributed by atoms with E-state index in [1.165, 1.54) is 218 Å². The second-order valence-corrected chi connectivity index (χ2v) is 18.8. The maximum Gasteiger partial charge on any atom is 0.339 e. The summed E-state index contributed by atoms with van der Waals surface area (Å²) in [7, 11) is 0. The fourth-order valence-electron chi connectivity index (χ4n) is 8.88. The molecule has 350 valence electrons. The van der Waals surface area contributed by atoms with Gasteiger partial charge in [-0.25, -0.2) is 9.59 Å². The lowest BCUT2D eigenvalue weighted by atomic mass is 10.0. The Balaban J connectivity index is 2.69. The van der Waals surface area contributed by atoms with Crippen LogP contribution in [0.15, 0.2) is 24.3 Å². The van der Waals surface area contributed by atoms with E-state index in [1.54, 1.807) is 12.1 Å². The van der Waals surface area contributed by atoms with Gasteiger partial charge in [-0.1, -0.05) is 258 Å². The molecule has 2 atom stereocenters. The van der Waals surface area contributed by atoms with Crippen LogP contribution in [0, 0.1) is 0 Å². The zero-order chi connectivity index (χ0) is 43.4. The summed E-state index contributed by atoms with van der Waals surface area (Å²) in [5.74, 6) is -0.727. The number of ether oxygens (including phenoxy) is 2. The summed E-state index contributed by atoms with van der Waals surface area (Å²) >= 11 is 0. The minimum absolute atomic E-state index is 0.100. The molecule has 0 N–H and O–H groups in total. The molecule has 2 unspecified atom stereocenters. The van der Waals surface area contributed by atoms with Crippen LogP contribution < -0.4 is 0 Å². The Labute approximate surface area is 374 Å². The topological polar surface area (TPSA) is 52.6 Å². The summed E-state index contributed by atoms with van der Waals surface area (Å²) in [6.45, 7) is 9.09. The number of carbonyl (C=O) groups is 2. The molecule has 0 saturated carbocycles. The van der Waals surface area contributed by atoms with Crippen LogP contribution in [0.4, 0.5) is 0 Å². The molecule has 0 spiro atoms. The van der Waals surface area contributed by atoms with E-state index < -0.39 is 0 Å². The maximum absolute atomic E-state index is 13.8. The summed E-state index contributed by atoms with van der Waals surface area (Å²) < 4.78 is 12.6. The molecule has 4 heteroatoms. The van der Waals surface area contributed by atoms with Gasteiger partial charge >= 0.3 is 11.9 Å². The number of benzene rings is 1. The lowest BCUT2D eigenvalue weighted by molar-refractivity contribution is 0.0201. The first kappa shape index (κ1) is 56.2. The van der Waals surface area contributed by atoms with Gasteiger partial charge in [-0.2, -0.15) is 0 Å². The molecule has 0 fully saturated rings. The number of esters is 2. The molecular weight excluding hydrogens is 737 g/mol. The Morgan fingerprint density at radius 1 is 0.317 bits per heavy atom. The highest BCUT2D eigenvalue weighted by molar-refractivity contribution is 6.03. The maximum atomic E-state index is 13.8. The van der Waals surface area contributed by atoms with E-state index in [0.717, 1.165) is 51.4 Å². The van der Waals surface area contributed by atoms with Crippen molar-refractivity contribution >= 4 is 11.9 Å². The Morgan fingerprint density at radius 3 is 0.700 bits per heavy atom. The molecule has 0 aromatic heterocycles. The van der Waals surface area contributed by atoms with Crippen LogP contribution in [0.2, 0.25) is 0 Å². The smallest absolute Gasteiger partial charge is 0.339 e. The largest absolute Gasteiger partial charge is 0.459 e. The molecule has 0 radical (unpaired) electrons. The molecule has 1 aromatic carbocycles. The minimum Gasteiger partial charge on any atom is -0.459 e. The lowest BCUT2D eigenvalue weighted by Gasteiger charge is -2.21. The van der Waals surface area contributed by atoms with Gasteiger partial charge in [0.1, 0.15) is 12.2 Å². The third-order valence-corrected chi connectivity index (χ3v) is 12.9. The molecule has 1 rings (SSSR count). The van der Waals surface area contributed by atoms with E-state index >= 15 is 0 Å². The molecule has 60 heavy (non-hydrogen) atoms. The van der Waals surface area contributed by atoms with E-state index in [-0.39, 0.29) is 24.1 Å². The van der Waals surface area contributed by atoms with E-state index in [1.807, 2.05) is 12.1 Å². The van der Waals surface area contributed by atoms with Gasteiger partial charge in [-0.3, -0.25) is 0 Å². The average molecular weight is 839 g/mol. The third kappa shape index (κ3) is 33.7. The van der Waals surface area contributed by atoms with Crippen molar-refractivity contribution in [2.75, 3.05) is 0 Å². The number of hydrogen-bond donors (Lipinski definition) is 0. The van der Waals surface area contributed by atoms with Crippen molar-refractivity contribution < 1.29 is 19.1 Å². The zero-order valence-corrected chi connectivity index (χ0v) is 40.8. The molecule has 0 aliphatic rings. The van der Waals surface area contributed by atoms with Gasteiger partial charge in [0.05, 0.1) is 11.1 Å². The summed E-state index contributed by atoms with van der Waals surface area (Å²) in [6.07, 6.45) is 52.7. The third-order valence-electron chi connectivity index (χ3n) is 12.9. The van der Waals surface area contributed by atoms with Gasteiger partial charge in [0.15, 0.2) is 0 Å². The van der Waals surface area contributed by atoms with Crippen molar-refractivity contribution in [1.29, 1.82) is 0 Å². The van der Waals surface area contributed by atoms with Crippen LogP contribution in [0.1, 0.15) is 318 Å². The Bertz CT molecular complexity index is 984. The SMILES string of the molecule is CCCCCCCCCCCCCCCC(CCCCCCCC)OC(=O)c1ccccc1C(=O)OC(CCCCCCCC)CCCCCCCCCCCCCCC. The van der Waals surface area contributed by atoms with Gasteiger partial charge in [-0.15, -0.1) is 0 Å². The summed E-state index contributed by atoms with van der Waals surface area (Å²) in [4.78, 5) is 27.7. The van der Waals surface area contributed by atoms with E-state index in [0.29, 0.717) is 11.1 Å². The molecule has 0 aliphatic heterocycles. The highest BCUT2D eigenvalue weighted by Gasteiger charge is 2.24. The van der Waals surface area contributed by atoms with E-state index in [9.17, 15) is 9.59 Å². The monoisotopic (exact) mass is 839 g/mol. The van der Waals surface area contributed by atoms with Crippen molar-refractivity contribution in [2.24, 2.45) is 0 Å². The number of rotatable bonds is 46. The molecule has 0 saturated heterocycles. The molecule has 4 nitrogen and oxygen atoms in total. The first-order valence-corrected chi connectivity index (χ1v) is 27.1. The van der Waals surface area contributed by atoms with Crippen LogP contribution in [-0.4, -0.2) is 24.1 Å². The first-order chi connectivity index (χ1) is 29.6. The van der Waals surface area contributed by atoms with Crippen LogP contribution in [0.25, 0.3) is 0 Å². The van der Waals surface area contributed by atoms with Crippen LogP contribution in [0.3, 0.4) is 0 Å². The molecule has 0 bridgehead atoms. The lowest BCUT2D eigenvalue weighted by Crippen LogP contribution is -2.23. The second kappa shape index (κ2) is 43.8. The Morgan fingerprint density at radius 2 is 0.500 bits per heavy atom. The van der Waals surface area contributed by atoms with Crippen molar-refractivity contribution in [3.8, 4) is 0 Å². The van der Waals surface area contributed by atoms with Gasteiger partial charge in [0.2, 0.25) is 0 Å². The first-order valence-electron chi connectivity index (χ1n) is 27.1. The number of unbranched alkanes of at least 4 members (excludes halogenated alkanes) is 34. The van der Waals surface area contributed by atoms with Crippen molar-refractivity contribution in [1.82, 2.24) is 0 Å². The normalized spacial score (nSPS) is 12.5.